The number of carbonyl (C=O) groups is 1. The van der Waals surface area contributed by atoms with E-state index in [9.17, 15) is 9.18 Å². The molecule has 2 atom stereocenters. The minimum Gasteiger partial charge on any atom is -0.447 e. The largest absolute Gasteiger partial charge is 0.447 e. The Morgan fingerprint density at radius 3 is 2.51 bits per heavy atom. The summed E-state index contributed by atoms with van der Waals surface area (Å²) in [6.45, 7) is 8.14. The highest BCUT2D eigenvalue weighted by Crippen LogP contribution is 2.39. The molecule has 2 aromatic heterocycles. The lowest BCUT2D eigenvalue weighted by Crippen LogP contribution is -2.38. The van der Waals surface area contributed by atoms with Crippen molar-refractivity contribution >= 4 is 18.0 Å². The van der Waals surface area contributed by atoms with Crippen LogP contribution in [-0.2, 0) is 4.74 Å². The first-order valence-corrected chi connectivity index (χ1v) is 12.0. The van der Waals surface area contributed by atoms with Gasteiger partial charge in [0.25, 0.3) is 0 Å². The Balaban J connectivity index is 1.38. The third-order valence-electron chi connectivity index (χ3n) is 6.54. The number of hydrogen-bond donors (Lipinski definition) is 1. The summed E-state index contributed by atoms with van der Waals surface area (Å²) in [6, 6.07) is 8.63. The molecule has 3 heterocycles. The molecule has 1 aliphatic heterocycles. The second kappa shape index (κ2) is 9.20. The predicted octanol–water partition coefficient (Wildman–Crippen LogP) is 5.41. The van der Waals surface area contributed by atoms with Crippen molar-refractivity contribution in [2.75, 3.05) is 16.8 Å². The summed E-state index contributed by atoms with van der Waals surface area (Å²) in [7, 11) is 0. The Hall–Kier alpha value is -3.62. The van der Waals surface area contributed by atoms with E-state index in [4.69, 9.17) is 4.74 Å². The van der Waals surface area contributed by atoms with Crippen LogP contribution < -0.4 is 10.2 Å². The Morgan fingerprint density at radius 1 is 1.09 bits per heavy atom. The molecule has 1 N–H and O–H groups in total. The number of ether oxygens (including phenoxy) is 1. The number of nitrogens with one attached hydrogen (secondary N) is 1. The summed E-state index contributed by atoms with van der Waals surface area (Å²) in [4.78, 5) is 32.5. The van der Waals surface area contributed by atoms with Crippen molar-refractivity contribution in [2.24, 2.45) is 5.92 Å². The monoisotopic (exact) mass is 476 g/mol. The third-order valence-corrected chi connectivity index (χ3v) is 6.54. The summed E-state index contributed by atoms with van der Waals surface area (Å²) >= 11 is 0. The standard InChI is InChI=1S/C26H29FN6O2/c1-14(2)22-13-35-26(34)33(22)25-31-23(17-5-6-17)30-24(32-25)29-16(4)21-10-8-19(12-28-21)18-7-9-20(27)15(3)11-18/h7-12,14,16-17,22H,5-6,13H2,1-4H3,(H,29,30,31,32)/t16-,22?/m0/s1. The number of rotatable bonds is 7. The van der Waals surface area contributed by atoms with Gasteiger partial charge in [-0.2, -0.15) is 15.0 Å². The average Bonchev–Trinajstić information content (AvgIpc) is 3.62. The van der Waals surface area contributed by atoms with E-state index in [0.29, 0.717) is 35.8 Å². The second-order valence-corrected chi connectivity index (χ2v) is 9.65. The van der Waals surface area contributed by atoms with Crippen LogP contribution in [0.5, 0.6) is 0 Å². The molecule has 1 saturated heterocycles. The van der Waals surface area contributed by atoms with Gasteiger partial charge in [-0.1, -0.05) is 26.0 Å². The summed E-state index contributed by atoms with van der Waals surface area (Å²) in [5.74, 6) is 1.70. The molecule has 2 fully saturated rings. The van der Waals surface area contributed by atoms with Crippen LogP contribution >= 0.6 is 0 Å². The zero-order chi connectivity index (χ0) is 24.7. The van der Waals surface area contributed by atoms with Gasteiger partial charge in [-0.05, 0) is 61.9 Å². The number of halogens is 1. The van der Waals surface area contributed by atoms with E-state index in [2.05, 4.69) is 25.3 Å². The number of amides is 1. The van der Waals surface area contributed by atoms with Gasteiger partial charge < -0.3 is 10.1 Å². The van der Waals surface area contributed by atoms with E-state index in [0.717, 1.165) is 29.7 Å². The van der Waals surface area contributed by atoms with Gasteiger partial charge in [-0.3, -0.25) is 4.98 Å². The molecule has 8 nitrogen and oxygen atoms in total. The summed E-state index contributed by atoms with van der Waals surface area (Å²) in [5, 5.41) is 3.33. The number of carbonyl (C=O) groups excluding carboxylic acids is 1. The Labute approximate surface area is 204 Å². The maximum atomic E-state index is 13.6. The zero-order valence-electron chi connectivity index (χ0n) is 20.3. The highest BCUT2D eigenvalue weighted by molar-refractivity contribution is 5.88. The smallest absolute Gasteiger partial charge is 0.417 e. The Morgan fingerprint density at radius 2 is 1.86 bits per heavy atom. The molecule has 3 aromatic rings. The molecule has 0 bridgehead atoms. The normalized spacial score (nSPS) is 18.6. The van der Waals surface area contributed by atoms with E-state index in [1.165, 1.54) is 6.07 Å². The van der Waals surface area contributed by atoms with Crippen LogP contribution in [0.15, 0.2) is 36.5 Å². The highest BCUT2D eigenvalue weighted by atomic mass is 19.1. The van der Waals surface area contributed by atoms with Crippen molar-refractivity contribution in [3.05, 3.63) is 59.4 Å². The summed E-state index contributed by atoms with van der Waals surface area (Å²) in [5.41, 5.74) is 3.23. The van der Waals surface area contributed by atoms with Gasteiger partial charge in [0, 0.05) is 17.7 Å². The lowest BCUT2D eigenvalue weighted by molar-refractivity contribution is 0.177. The Bertz CT molecular complexity index is 1250. The van der Waals surface area contributed by atoms with Gasteiger partial charge in [-0.25, -0.2) is 14.1 Å². The van der Waals surface area contributed by atoms with Crippen LogP contribution in [0.25, 0.3) is 11.1 Å². The molecule has 0 radical (unpaired) electrons. The van der Waals surface area contributed by atoms with E-state index < -0.39 is 6.09 Å². The molecular formula is C26H29FN6O2. The molecule has 0 spiro atoms. The average molecular weight is 477 g/mol. The number of nitrogens with zero attached hydrogens (tertiary/aromatic N) is 5. The van der Waals surface area contributed by atoms with Gasteiger partial charge in [0.2, 0.25) is 11.9 Å². The van der Waals surface area contributed by atoms with Crippen LogP contribution in [0.1, 0.15) is 62.7 Å². The van der Waals surface area contributed by atoms with Crippen LogP contribution in [0.4, 0.5) is 21.1 Å². The van der Waals surface area contributed by atoms with Gasteiger partial charge in [0.15, 0.2) is 0 Å². The molecule has 1 aliphatic carbocycles. The minimum absolute atomic E-state index is 0.119. The molecule has 2 aliphatic rings. The van der Waals surface area contributed by atoms with E-state index in [-0.39, 0.29) is 23.8 Å². The molecular weight excluding hydrogens is 447 g/mol. The molecule has 5 rings (SSSR count). The molecule has 1 amide bonds. The van der Waals surface area contributed by atoms with Crippen molar-refractivity contribution in [1.29, 1.82) is 0 Å². The predicted molar refractivity (Wildman–Crippen MR) is 131 cm³/mol. The van der Waals surface area contributed by atoms with Gasteiger partial charge in [0.05, 0.1) is 17.8 Å². The number of aromatic nitrogens is 4. The lowest BCUT2D eigenvalue weighted by atomic mass is 10.0. The van der Waals surface area contributed by atoms with Gasteiger partial charge >= 0.3 is 6.09 Å². The first kappa shape index (κ1) is 23.1. The van der Waals surface area contributed by atoms with Crippen LogP contribution in [0.3, 0.4) is 0 Å². The second-order valence-electron chi connectivity index (χ2n) is 9.65. The first-order chi connectivity index (χ1) is 16.8. The highest BCUT2D eigenvalue weighted by Gasteiger charge is 2.39. The molecule has 1 saturated carbocycles. The lowest BCUT2D eigenvalue weighted by Gasteiger charge is -2.23. The summed E-state index contributed by atoms with van der Waals surface area (Å²) < 4.78 is 18.9. The summed E-state index contributed by atoms with van der Waals surface area (Å²) in [6.07, 6.45) is 3.41. The number of pyridine rings is 1. The number of benzene rings is 1. The van der Waals surface area contributed by atoms with Crippen LogP contribution in [0.2, 0.25) is 0 Å². The molecule has 1 unspecified atom stereocenters. The fourth-order valence-corrected chi connectivity index (χ4v) is 4.16. The minimum atomic E-state index is -0.427. The van der Waals surface area contributed by atoms with Crippen LogP contribution in [0, 0.1) is 18.7 Å². The Kier molecular flexibility index (Phi) is 6.08. The number of cyclic esters (lactones) is 1. The van der Waals surface area contributed by atoms with Gasteiger partial charge in [-0.15, -0.1) is 0 Å². The third kappa shape index (κ3) is 4.80. The molecule has 182 valence electrons. The number of aryl methyl sites for hydroxylation is 1. The van der Waals surface area contributed by atoms with Crippen molar-refractivity contribution in [3.63, 3.8) is 0 Å². The van der Waals surface area contributed by atoms with E-state index in [1.54, 1.807) is 24.1 Å². The maximum Gasteiger partial charge on any atom is 0.417 e. The zero-order valence-corrected chi connectivity index (χ0v) is 20.3. The quantitative estimate of drug-likeness (QED) is 0.487. The fraction of sp³-hybridized carbons (Fsp3) is 0.423. The fourth-order valence-electron chi connectivity index (χ4n) is 4.16. The SMILES string of the molecule is Cc1cc(-c2ccc([C@H](C)Nc3nc(C4CC4)nc(N4C(=O)OCC4C(C)C)n3)nc2)ccc1F. The molecule has 35 heavy (non-hydrogen) atoms. The van der Waals surface area contributed by atoms with Crippen molar-refractivity contribution in [1.82, 2.24) is 19.9 Å². The molecule has 1 aromatic carbocycles. The van der Waals surface area contributed by atoms with Crippen LogP contribution in [-0.4, -0.2) is 38.7 Å². The van der Waals surface area contributed by atoms with Crippen molar-refractivity contribution in [3.8, 4) is 11.1 Å². The van der Waals surface area contributed by atoms with E-state index in [1.807, 2.05) is 39.0 Å². The topological polar surface area (TPSA) is 93.1 Å². The van der Waals surface area contributed by atoms with Crippen molar-refractivity contribution in [2.45, 2.75) is 58.5 Å². The number of anilines is 2. The van der Waals surface area contributed by atoms with Crippen molar-refractivity contribution < 1.29 is 13.9 Å². The first-order valence-electron chi connectivity index (χ1n) is 12.0. The van der Waals surface area contributed by atoms with Gasteiger partial charge in [0.1, 0.15) is 18.2 Å². The maximum absolute atomic E-state index is 13.6. The molecule has 9 heteroatoms. The van der Waals surface area contributed by atoms with E-state index >= 15 is 0 Å². The number of hydrogen-bond acceptors (Lipinski definition) is 7.